The summed E-state index contributed by atoms with van der Waals surface area (Å²) >= 11 is 0. The Hall–Kier alpha value is -1.63. The Morgan fingerprint density at radius 2 is 1.96 bits per heavy atom. The summed E-state index contributed by atoms with van der Waals surface area (Å²) in [6, 6.07) is 10.5. The molecule has 6 nitrogen and oxygen atoms in total. The van der Waals surface area contributed by atoms with Crippen molar-refractivity contribution in [2.45, 2.75) is 37.9 Å². The Morgan fingerprint density at radius 3 is 2.68 bits per heavy atom. The van der Waals surface area contributed by atoms with Crippen molar-refractivity contribution in [3.8, 4) is 0 Å². The third kappa shape index (κ3) is 5.93. The van der Waals surface area contributed by atoms with Gasteiger partial charge in [0.15, 0.2) is 5.96 Å². The van der Waals surface area contributed by atoms with Crippen LogP contribution in [0.1, 0.15) is 37.4 Å². The van der Waals surface area contributed by atoms with Gasteiger partial charge >= 0.3 is 0 Å². The zero-order valence-corrected chi connectivity index (χ0v) is 17.3. The lowest BCUT2D eigenvalue weighted by Crippen LogP contribution is -2.48. The van der Waals surface area contributed by atoms with Gasteiger partial charge in [-0.25, -0.2) is 0 Å². The number of nitrogens with one attached hydrogen (secondary N) is 1. The van der Waals surface area contributed by atoms with E-state index in [2.05, 4.69) is 45.5 Å². The quantitative estimate of drug-likeness (QED) is 0.421. The number of benzene rings is 1. The molecule has 3 rings (SSSR count). The number of nitrogens with zero attached hydrogens (tertiary/aromatic N) is 2. The Labute approximate surface area is 169 Å². The summed E-state index contributed by atoms with van der Waals surface area (Å²) in [4.78, 5) is 6.86. The monoisotopic (exact) mass is 389 g/mol. The zero-order valence-electron chi connectivity index (χ0n) is 17.3. The predicted molar refractivity (Wildman–Crippen MR) is 112 cm³/mol. The SMILES string of the molecule is CN=C(NCC1CCOC1c1ccccc1)N1CCC(OCCCOC)CC1. The number of rotatable bonds is 8. The van der Waals surface area contributed by atoms with Gasteiger partial charge in [0, 0.05) is 59.5 Å². The van der Waals surface area contributed by atoms with Crippen molar-refractivity contribution in [3.05, 3.63) is 35.9 Å². The van der Waals surface area contributed by atoms with Gasteiger partial charge in [0.2, 0.25) is 0 Å². The molecule has 0 radical (unpaired) electrons. The number of aliphatic imine (C=N–C) groups is 1. The summed E-state index contributed by atoms with van der Waals surface area (Å²) < 4.78 is 17.1. The maximum absolute atomic E-state index is 6.01. The second-order valence-electron chi connectivity index (χ2n) is 7.58. The molecule has 6 heteroatoms. The van der Waals surface area contributed by atoms with Gasteiger partial charge in [-0.1, -0.05) is 30.3 Å². The second kappa shape index (κ2) is 11.4. The molecule has 1 aromatic carbocycles. The normalized spacial score (nSPS) is 23.9. The molecular weight excluding hydrogens is 354 g/mol. The van der Waals surface area contributed by atoms with E-state index in [0.717, 1.165) is 71.1 Å². The smallest absolute Gasteiger partial charge is 0.193 e. The topological polar surface area (TPSA) is 55.3 Å². The number of piperidine rings is 1. The average Bonchev–Trinajstić information content (AvgIpc) is 3.22. The summed E-state index contributed by atoms with van der Waals surface area (Å²) in [5.41, 5.74) is 1.27. The van der Waals surface area contributed by atoms with Crippen LogP contribution in [-0.4, -0.2) is 70.6 Å². The molecule has 2 aliphatic rings. The average molecular weight is 390 g/mol. The van der Waals surface area contributed by atoms with Crippen molar-refractivity contribution < 1.29 is 14.2 Å². The molecule has 2 unspecified atom stereocenters. The molecule has 28 heavy (non-hydrogen) atoms. The van der Waals surface area contributed by atoms with Crippen LogP contribution in [0.4, 0.5) is 0 Å². The number of hydrogen-bond acceptors (Lipinski definition) is 4. The van der Waals surface area contributed by atoms with E-state index in [1.54, 1.807) is 7.11 Å². The van der Waals surface area contributed by atoms with E-state index in [1.807, 2.05) is 7.05 Å². The van der Waals surface area contributed by atoms with E-state index in [1.165, 1.54) is 5.56 Å². The molecule has 1 N–H and O–H groups in total. The van der Waals surface area contributed by atoms with Crippen LogP contribution in [0, 0.1) is 5.92 Å². The number of hydrogen-bond donors (Lipinski definition) is 1. The number of likely N-dealkylation sites (tertiary alicyclic amines) is 1. The second-order valence-corrected chi connectivity index (χ2v) is 7.58. The lowest BCUT2D eigenvalue weighted by Gasteiger charge is -2.34. The van der Waals surface area contributed by atoms with E-state index in [-0.39, 0.29) is 6.10 Å². The summed E-state index contributed by atoms with van der Waals surface area (Å²) in [7, 11) is 3.60. The lowest BCUT2D eigenvalue weighted by molar-refractivity contribution is 0.00985. The first kappa shape index (κ1) is 21.1. The predicted octanol–water partition coefficient (Wildman–Crippen LogP) is 2.86. The molecular formula is C22H35N3O3. The van der Waals surface area contributed by atoms with Gasteiger partial charge in [0.1, 0.15) is 0 Å². The molecule has 2 atom stereocenters. The molecule has 0 aliphatic carbocycles. The third-order valence-electron chi connectivity index (χ3n) is 5.66. The van der Waals surface area contributed by atoms with E-state index in [4.69, 9.17) is 14.2 Å². The molecule has 2 saturated heterocycles. The van der Waals surface area contributed by atoms with Crippen molar-refractivity contribution in [1.82, 2.24) is 10.2 Å². The minimum absolute atomic E-state index is 0.179. The largest absolute Gasteiger partial charge is 0.385 e. The molecule has 0 bridgehead atoms. The third-order valence-corrected chi connectivity index (χ3v) is 5.66. The van der Waals surface area contributed by atoms with Crippen LogP contribution in [0.25, 0.3) is 0 Å². The number of ether oxygens (including phenoxy) is 3. The Kier molecular flexibility index (Phi) is 8.58. The Bertz CT molecular complexity index is 588. The molecule has 0 amide bonds. The van der Waals surface area contributed by atoms with Crippen molar-refractivity contribution >= 4 is 5.96 Å². The van der Waals surface area contributed by atoms with Gasteiger partial charge in [-0.15, -0.1) is 0 Å². The first-order chi connectivity index (χ1) is 13.8. The molecule has 1 aromatic rings. The van der Waals surface area contributed by atoms with E-state index in [0.29, 0.717) is 12.0 Å². The zero-order chi connectivity index (χ0) is 19.6. The van der Waals surface area contributed by atoms with Crippen LogP contribution in [0.2, 0.25) is 0 Å². The van der Waals surface area contributed by atoms with Crippen LogP contribution >= 0.6 is 0 Å². The highest BCUT2D eigenvalue weighted by atomic mass is 16.5. The molecule has 2 fully saturated rings. The molecule has 0 spiro atoms. The lowest BCUT2D eigenvalue weighted by atomic mass is 9.95. The summed E-state index contributed by atoms with van der Waals surface area (Å²) in [6.07, 6.45) is 4.68. The fourth-order valence-electron chi connectivity index (χ4n) is 4.10. The number of methoxy groups -OCH3 is 1. The first-order valence-corrected chi connectivity index (χ1v) is 10.5. The fraction of sp³-hybridized carbons (Fsp3) is 0.682. The van der Waals surface area contributed by atoms with Crippen molar-refractivity contribution in [3.63, 3.8) is 0 Å². The first-order valence-electron chi connectivity index (χ1n) is 10.5. The van der Waals surface area contributed by atoms with E-state index >= 15 is 0 Å². The summed E-state index contributed by atoms with van der Waals surface area (Å²) in [5.74, 6) is 1.47. The van der Waals surface area contributed by atoms with Gasteiger partial charge in [-0.2, -0.15) is 0 Å². The maximum Gasteiger partial charge on any atom is 0.193 e. The number of guanidine groups is 1. The minimum Gasteiger partial charge on any atom is -0.385 e. The highest BCUT2D eigenvalue weighted by Crippen LogP contribution is 2.33. The molecule has 0 aromatic heterocycles. The summed E-state index contributed by atoms with van der Waals surface area (Å²) in [5, 5.41) is 3.59. The Balaban J connectivity index is 1.43. The van der Waals surface area contributed by atoms with Gasteiger partial charge < -0.3 is 24.4 Å². The van der Waals surface area contributed by atoms with Crippen LogP contribution in [0.15, 0.2) is 35.3 Å². The summed E-state index contributed by atoms with van der Waals surface area (Å²) in [6.45, 7) is 5.24. The van der Waals surface area contributed by atoms with Crippen molar-refractivity contribution in [1.29, 1.82) is 0 Å². The van der Waals surface area contributed by atoms with Crippen LogP contribution in [-0.2, 0) is 14.2 Å². The molecule has 0 saturated carbocycles. The van der Waals surface area contributed by atoms with Gasteiger partial charge in [0.05, 0.1) is 12.2 Å². The maximum atomic E-state index is 6.01. The standard InChI is InChI=1S/C22H35N3O3/c1-23-22(25-12-9-20(10-13-25)27-15-6-14-26-2)24-17-19-11-16-28-21(19)18-7-4-3-5-8-18/h3-5,7-8,19-21H,6,9-17H2,1-2H3,(H,23,24). The minimum atomic E-state index is 0.179. The van der Waals surface area contributed by atoms with Crippen LogP contribution in [0.5, 0.6) is 0 Å². The van der Waals surface area contributed by atoms with Gasteiger partial charge in [0.25, 0.3) is 0 Å². The molecule has 156 valence electrons. The molecule has 2 heterocycles. The van der Waals surface area contributed by atoms with Crippen LogP contribution in [0.3, 0.4) is 0 Å². The van der Waals surface area contributed by atoms with Crippen molar-refractivity contribution in [2.24, 2.45) is 10.9 Å². The fourth-order valence-corrected chi connectivity index (χ4v) is 4.10. The Morgan fingerprint density at radius 1 is 1.18 bits per heavy atom. The highest BCUT2D eigenvalue weighted by Gasteiger charge is 2.30. The van der Waals surface area contributed by atoms with E-state index in [9.17, 15) is 0 Å². The van der Waals surface area contributed by atoms with Gasteiger partial charge in [-0.05, 0) is 31.2 Å². The van der Waals surface area contributed by atoms with Crippen LogP contribution < -0.4 is 5.32 Å². The van der Waals surface area contributed by atoms with Crippen molar-refractivity contribution in [2.75, 3.05) is 53.6 Å². The van der Waals surface area contributed by atoms with E-state index < -0.39 is 0 Å². The highest BCUT2D eigenvalue weighted by molar-refractivity contribution is 5.80. The van der Waals surface area contributed by atoms with Gasteiger partial charge in [-0.3, -0.25) is 4.99 Å². The molecule has 2 aliphatic heterocycles.